The van der Waals surface area contributed by atoms with E-state index in [1.807, 2.05) is 0 Å². The first kappa shape index (κ1) is 19.2. The lowest BCUT2D eigenvalue weighted by atomic mass is 10.3. The summed E-state index contributed by atoms with van der Waals surface area (Å²) in [5.41, 5.74) is -0.0790. The van der Waals surface area contributed by atoms with Gasteiger partial charge >= 0.3 is 6.03 Å². The number of halogens is 1. The van der Waals surface area contributed by atoms with Crippen LogP contribution in [0.4, 0.5) is 10.7 Å². The zero-order chi connectivity index (χ0) is 19.3. The van der Waals surface area contributed by atoms with Gasteiger partial charge in [-0.1, -0.05) is 23.7 Å². The van der Waals surface area contributed by atoms with Gasteiger partial charge in [-0.05, 0) is 12.1 Å². The number of aromatic nitrogens is 2. The third-order valence-electron chi connectivity index (χ3n) is 2.92. The molecule has 0 spiro atoms. The monoisotopic (exact) mass is 397 g/mol. The molecule has 12 heteroatoms. The number of urea groups is 1. The molecule has 0 bridgehead atoms. The van der Waals surface area contributed by atoms with Gasteiger partial charge in [0.2, 0.25) is 17.7 Å². The zero-order valence-electron chi connectivity index (χ0n) is 13.5. The molecule has 0 unspecified atom stereocenters. The second kappa shape index (κ2) is 7.85. The number of nitrogens with zero attached hydrogens (tertiary/aromatic N) is 3. The Morgan fingerprint density at radius 3 is 2.27 bits per heavy atom. The van der Waals surface area contributed by atoms with Crippen molar-refractivity contribution >= 4 is 33.6 Å². The number of amides is 2. The van der Waals surface area contributed by atoms with E-state index >= 15 is 0 Å². The Kier molecular flexibility index (Phi) is 5.81. The number of sulfonamides is 1. The van der Waals surface area contributed by atoms with E-state index < -0.39 is 16.1 Å². The lowest BCUT2D eigenvalue weighted by Crippen LogP contribution is -2.35. The fourth-order valence-corrected chi connectivity index (χ4v) is 3.26. The summed E-state index contributed by atoms with van der Waals surface area (Å²) in [6, 6.07) is 6.27. The molecular weight excluding hydrogens is 386 g/mol. The van der Waals surface area contributed by atoms with Crippen LogP contribution in [0.1, 0.15) is 5.56 Å². The van der Waals surface area contributed by atoms with Crippen molar-refractivity contribution in [2.75, 3.05) is 19.5 Å². The van der Waals surface area contributed by atoms with Crippen LogP contribution in [0.5, 0.6) is 11.8 Å². The molecule has 1 heterocycles. The molecule has 0 aliphatic rings. The Labute approximate surface area is 153 Å². The molecule has 26 heavy (non-hydrogen) atoms. The number of methoxy groups -OCH3 is 2. The van der Waals surface area contributed by atoms with Crippen LogP contribution >= 0.6 is 11.6 Å². The predicted molar refractivity (Wildman–Crippen MR) is 90.6 cm³/mol. The highest BCUT2D eigenvalue weighted by Gasteiger charge is 2.22. The van der Waals surface area contributed by atoms with Gasteiger partial charge in [0.1, 0.15) is 11.0 Å². The largest absolute Gasteiger partial charge is 0.480 e. The number of nitrogens with one attached hydrogen (secondary N) is 2. The average Bonchev–Trinajstić information content (AvgIpc) is 2.60. The van der Waals surface area contributed by atoms with Gasteiger partial charge in [-0.2, -0.15) is 15.2 Å². The van der Waals surface area contributed by atoms with Crippen LogP contribution in [-0.2, 0) is 10.0 Å². The van der Waals surface area contributed by atoms with E-state index in [4.69, 9.17) is 26.3 Å². The summed E-state index contributed by atoms with van der Waals surface area (Å²) >= 11 is 5.83. The van der Waals surface area contributed by atoms with Crippen molar-refractivity contribution < 1.29 is 22.7 Å². The molecule has 0 saturated carbocycles. The Morgan fingerprint density at radius 1 is 1.19 bits per heavy atom. The first-order valence-corrected chi connectivity index (χ1v) is 8.67. The summed E-state index contributed by atoms with van der Waals surface area (Å²) in [6.07, 6.45) is 0. The van der Waals surface area contributed by atoms with E-state index in [9.17, 15) is 13.2 Å². The van der Waals surface area contributed by atoms with Gasteiger partial charge in [-0.15, -0.1) is 0 Å². The van der Waals surface area contributed by atoms with E-state index in [0.29, 0.717) is 0 Å². The highest BCUT2D eigenvalue weighted by molar-refractivity contribution is 7.90. The van der Waals surface area contributed by atoms with Crippen LogP contribution in [0.3, 0.4) is 0 Å². The van der Waals surface area contributed by atoms with Crippen molar-refractivity contribution in [2.24, 2.45) is 0 Å². The van der Waals surface area contributed by atoms with E-state index in [2.05, 4.69) is 15.3 Å². The summed E-state index contributed by atoms with van der Waals surface area (Å²) in [7, 11) is -1.70. The average molecular weight is 398 g/mol. The fourth-order valence-electron chi connectivity index (χ4n) is 1.83. The lowest BCUT2D eigenvalue weighted by Gasteiger charge is -2.11. The van der Waals surface area contributed by atoms with Crippen LogP contribution in [0, 0.1) is 11.3 Å². The van der Waals surface area contributed by atoms with Crippen molar-refractivity contribution in [3.8, 4) is 17.8 Å². The van der Waals surface area contributed by atoms with E-state index in [1.165, 1.54) is 32.4 Å². The summed E-state index contributed by atoms with van der Waals surface area (Å²) in [6.45, 7) is 0. The number of nitriles is 1. The smallest absolute Gasteiger partial charge is 0.335 e. The topological polar surface area (TPSA) is 143 Å². The maximum Gasteiger partial charge on any atom is 0.335 e. The molecule has 0 aliphatic heterocycles. The Bertz CT molecular complexity index is 964. The minimum atomic E-state index is -4.22. The number of benzene rings is 1. The van der Waals surface area contributed by atoms with Crippen molar-refractivity contribution in [2.45, 2.75) is 4.90 Å². The van der Waals surface area contributed by atoms with Crippen LogP contribution in [0.2, 0.25) is 5.02 Å². The first-order chi connectivity index (χ1) is 12.3. The summed E-state index contributed by atoms with van der Waals surface area (Å²) in [4.78, 5) is 19.3. The Balaban J connectivity index is 2.26. The zero-order valence-corrected chi connectivity index (χ0v) is 15.1. The molecule has 1 aromatic heterocycles. The number of hydrogen-bond donors (Lipinski definition) is 2. The van der Waals surface area contributed by atoms with Gasteiger partial charge in [-0.25, -0.2) is 17.9 Å². The number of rotatable bonds is 5. The number of hydrogen-bond acceptors (Lipinski definition) is 8. The summed E-state index contributed by atoms with van der Waals surface area (Å²) < 4.78 is 36.0. The molecule has 0 aliphatic carbocycles. The molecule has 2 aromatic rings. The number of anilines is 1. The van der Waals surface area contributed by atoms with Gasteiger partial charge < -0.3 is 9.47 Å². The van der Waals surface area contributed by atoms with Crippen LogP contribution in [0.25, 0.3) is 0 Å². The molecule has 0 atom stereocenters. The second-order valence-corrected chi connectivity index (χ2v) is 6.60. The normalized spacial score (nSPS) is 10.5. The first-order valence-electron chi connectivity index (χ1n) is 6.80. The minimum absolute atomic E-state index is 0.0502. The van der Waals surface area contributed by atoms with Crippen molar-refractivity contribution in [1.29, 1.82) is 5.26 Å². The van der Waals surface area contributed by atoms with Gasteiger partial charge in [0.05, 0.1) is 19.2 Å². The molecule has 2 amide bonds. The minimum Gasteiger partial charge on any atom is -0.480 e. The maximum absolute atomic E-state index is 12.2. The number of ether oxygens (including phenoxy) is 2. The molecule has 0 saturated heterocycles. The molecule has 2 N–H and O–H groups in total. The summed E-state index contributed by atoms with van der Waals surface area (Å²) in [5.74, 6) is -0.628. The van der Waals surface area contributed by atoms with Crippen molar-refractivity contribution in [3.05, 3.63) is 34.9 Å². The highest BCUT2D eigenvalue weighted by atomic mass is 35.5. The predicted octanol–water partition coefficient (Wildman–Crippen LogP) is 1.53. The van der Waals surface area contributed by atoms with Crippen LogP contribution < -0.4 is 19.5 Å². The fraction of sp³-hybridized carbons (Fsp3) is 0.143. The molecule has 2 rings (SSSR count). The van der Waals surface area contributed by atoms with Gasteiger partial charge in [0.25, 0.3) is 10.0 Å². The SMILES string of the molecule is COc1nc(NC(=O)NS(=O)(=O)c2ccccc2Cl)nc(OC)c1C#N. The van der Waals surface area contributed by atoms with Crippen LogP contribution in [-0.4, -0.2) is 38.6 Å². The second-order valence-electron chi connectivity index (χ2n) is 4.54. The Hall–Kier alpha value is -3.10. The van der Waals surface area contributed by atoms with Gasteiger partial charge in [0, 0.05) is 0 Å². The van der Waals surface area contributed by atoms with E-state index in [0.717, 1.165) is 0 Å². The van der Waals surface area contributed by atoms with Crippen molar-refractivity contribution in [1.82, 2.24) is 14.7 Å². The number of carbonyl (C=O) groups excluding carboxylic acids is 1. The number of carbonyl (C=O) groups is 1. The Morgan fingerprint density at radius 2 is 1.77 bits per heavy atom. The lowest BCUT2D eigenvalue weighted by molar-refractivity contribution is 0.256. The van der Waals surface area contributed by atoms with E-state index in [-0.39, 0.29) is 33.2 Å². The molecule has 136 valence electrons. The molecule has 0 radical (unpaired) electrons. The van der Waals surface area contributed by atoms with Gasteiger partial charge in [0.15, 0.2) is 5.56 Å². The van der Waals surface area contributed by atoms with Crippen LogP contribution in [0.15, 0.2) is 29.2 Å². The standard InChI is InChI=1S/C14H12ClN5O5S/c1-24-11-8(7-16)12(25-2)18-13(17-11)19-14(21)20-26(22,23)10-6-4-3-5-9(10)15/h3-6H,1-2H3,(H2,17,18,19,20,21). The maximum atomic E-state index is 12.2. The molecular formula is C14H12ClN5O5S. The van der Waals surface area contributed by atoms with E-state index in [1.54, 1.807) is 16.9 Å². The third kappa shape index (κ3) is 4.11. The third-order valence-corrected chi connectivity index (χ3v) is 4.75. The molecule has 1 aromatic carbocycles. The van der Waals surface area contributed by atoms with Gasteiger partial charge in [-0.3, -0.25) is 5.32 Å². The summed E-state index contributed by atoms with van der Waals surface area (Å²) in [5, 5.41) is 11.1. The molecule has 10 nitrogen and oxygen atoms in total. The highest BCUT2D eigenvalue weighted by Crippen LogP contribution is 2.25. The molecule has 0 fully saturated rings. The van der Waals surface area contributed by atoms with Crippen molar-refractivity contribution in [3.63, 3.8) is 0 Å². The quantitative estimate of drug-likeness (QED) is 0.772.